The molecule has 4 fully saturated rings. The molecule has 4 rings (SSSR count). The molecule has 0 spiro atoms. The molecule has 2 aliphatic carbocycles. The van der Waals surface area contributed by atoms with E-state index in [1.165, 1.54) is 22.8 Å². The van der Waals surface area contributed by atoms with Crippen LogP contribution in [-0.2, 0) is 33.4 Å². The first-order chi connectivity index (χ1) is 21.4. The number of likely N-dealkylation sites (tertiary alicyclic amines) is 1. The van der Waals surface area contributed by atoms with Crippen molar-refractivity contribution in [3.8, 4) is 0 Å². The van der Waals surface area contributed by atoms with Gasteiger partial charge in [0, 0.05) is 32.4 Å². The molecule has 4 N–H and O–H groups in total. The Hall–Kier alpha value is -3.68. The number of nitrogens with one attached hydrogen (secondary N) is 3. The van der Waals surface area contributed by atoms with Crippen molar-refractivity contribution in [3.05, 3.63) is 12.7 Å². The fraction of sp³-hybridized carbons (Fsp3) is 0.742. The van der Waals surface area contributed by atoms with Gasteiger partial charge in [-0.1, -0.05) is 39.2 Å². The van der Waals surface area contributed by atoms with Crippen LogP contribution in [0.1, 0.15) is 65.7 Å². The summed E-state index contributed by atoms with van der Waals surface area (Å²) >= 11 is 0. The van der Waals surface area contributed by atoms with Crippen molar-refractivity contribution in [2.75, 3.05) is 32.8 Å². The zero-order valence-corrected chi connectivity index (χ0v) is 26.4. The number of morpholine rings is 1. The summed E-state index contributed by atoms with van der Waals surface area (Å²) in [4.78, 5) is 81.2. The number of hydrogen-bond acceptors (Lipinski definition) is 8. The van der Waals surface area contributed by atoms with Gasteiger partial charge in [-0.25, -0.2) is 9.59 Å². The molecule has 6 atom stereocenters. The highest BCUT2D eigenvalue weighted by Gasteiger charge is 2.61. The number of carbonyl (C=O) groups is 6. The van der Waals surface area contributed by atoms with Crippen molar-refractivity contribution in [3.63, 3.8) is 0 Å². The highest BCUT2D eigenvalue weighted by atomic mass is 16.6. The van der Waals surface area contributed by atoms with Crippen LogP contribution in [0.3, 0.4) is 0 Å². The van der Waals surface area contributed by atoms with Crippen LogP contribution in [0.25, 0.3) is 0 Å². The predicted octanol–water partition coefficient (Wildman–Crippen LogP) is 0.796. The lowest BCUT2D eigenvalue weighted by atomic mass is 9.83. The Morgan fingerprint density at radius 1 is 1.04 bits per heavy atom. The number of nitrogens with zero attached hydrogens (tertiary/aromatic N) is 2. The van der Waals surface area contributed by atoms with Crippen molar-refractivity contribution in [1.82, 2.24) is 25.8 Å². The van der Waals surface area contributed by atoms with E-state index in [0.29, 0.717) is 26.3 Å². The molecule has 2 aliphatic heterocycles. The normalized spacial score (nSPS) is 28.0. The highest BCUT2D eigenvalue weighted by molar-refractivity contribution is 5.97. The summed E-state index contributed by atoms with van der Waals surface area (Å²) in [7, 11) is 0. The van der Waals surface area contributed by atoms with Gasteiger partial charge >= 0.3 is 12.1 Å². The molecule has 2 heterocycles. The van der Waals surface area contributed by atoms with E-state index in [0.717, 1.165) is 32.1 Å². The molecule has 2 saturated heterocycles. The molecular formula is C31H47N5O9. The number of ether oxygens (including phenoxy) is 2. The van der Waals surface area contributed by atoms with Gasteiger partial charge in [-0.2, -0.15) is 0 Å². The fourth-order valence-corrected chi connectivity index (χ4v) is 6.68. The van der Waals surface area contributed by atoms with Crippen LogP contribution in [0.4, 0.5) is 4.79 Å². The summed E-state index contributed by atoms with van der Waals surface area (Å²) in [5.74, 6) is -4.21. The average Bonchev–Trinajstić information content (AvgIpc) is 3.58. The molecule has 0 aromatic heterocycles. The number of hydrogen-bond donors (Lipinski definition) is 4. The molecule has 250 valence electrons. The summed E-state index contributed by atoms with van der Waals surface area (Å²) in [5, 5.41) is 18.1. The largest absolute Gasteiger partial charge is 0.479 e. The average molecular weight is 634 g/mol. The molecular weight excluding hydrogens is 586 g/mol. The van der Waals surface area contributed by atoms with Gasteiger partial charge in [0.1, 0.15) is 29.8 Å². The van der Waals surface area contributed by atoms with E-state index in [9.17, 15) is 33.9 Å². The van der Waals surface area contributed by atoms with Gasteiger partial charge in [-0.05, 0) is 31.1 Å². The Morgan fingerprint density at radius 3 is 2.27 bits per heavy atom. The highest BCUT2D eigenvalue weighted by Crippen LogP contribution is 2.45. The fourth-order valence-electron chi connectivity index (χ4n) is 6.68. The first-order valence-electron chi connectivity index (χ1n) is 16.0. The van der Waals surface area contributed by atoms with E-state index in [2.05, 4.69) is 22.5 Å². The topological polar surface area (TPSA) is 184 Å². The van der Waals surface area contributed by atoms with Crippen LogP contribution in [0.5, 0.6) is 0 Å². The number of carboxylic acids is 1. The Labute approximate surface area is 263 Å². The van der Waals surface area contributed by atoms with Gasteiger partial charge < -0.3 is 40.3 Å². The minimum absolute atomic E-state index is 0.0442. The molecule has 45 heavy (non-hydrogen) atoms. The first-order valence-corrected chi connectivity index (χ1v) is 16.0. The Bertz CT molecular complexity index is 1170. The van der Waals surface area contributed by atoms with Crippen LogP contribution in [0, 0.1) is 17.8 Å². The number of aliphatic carboxylic acids is 1. The monoisotopic (exact) mass is 633 g/mol. The molecule has 5 amide bonds. The van der Waals surface area contributed by atoms with Gasteiger partial charge in [-0.15, -0.1) is 6.58 Å². The van der Waals surface area contributed by atoms with Crippen molar-refractivity contribution < 1.29 is 43.3 Å². The summed E-state index contributed by atoms with van der Waals surface area (Å²) < 4.78 is 11.0. The van der Waals surface area contributed by atoms with Gasteiger partial charge in [-0.3, -0.25) is 19.2 Å². The molecule has 14 heteroatoms. The third-order valence-corrected chi connectivity index (χ3v) is 9.41. The standard InChI is InChI=1S/C31H47N5O9/c1-5-21-16-31(21,29(41)42)34-26(38)23-15-22(45-30(43)35-11-13-44-14-12-35)17-36(23)28(40)24(18(2)3)33-27(39)25(32-19(4)37)20-9-7-6-8-10-20/h5,18,20-25H,1,6-17H2,2-4H3,(H,32,37)(H,33,39)(H,34,38)(H,41,42)/t21-,22-,23+,24+,25+,31-/m1/s1. The van der Waals surface area contributed by atoms with E-state index >= 15 is 0 Å². The maximum atomic E-state index is 14.2. The predicted molar refractivity (Wildman–Crippen MR) is 161 cm³/mol. The van der Waals surface area contributed by atoms with E-state index in [1.807, 2.05) is 0 Å². The van der Waals surface area contributed by atoms with Crippen LogP contribution in [0.2, 0.25) is 0 Å². The molecule has 14 nitrogen and oxygen atoms in total. The van der Waals surface area contributed by atoms with E-state index in [4.69, 9.17) is 9.47 Å². The number of rotatable bonds is 11. The van der Waals surface area contributed by atoms with Crippen LogP contribution < -0.4 is 16.0 Å². The van der Waals surface area contributed by atoms with Crippen molar-refractivity contribution in [2.45, 2.75) is 95.5 Å². The van der Waals surface area contributed by atoms with Crippen molar-refractivity contribution in [2.24, 2.45) is 17.8 Å². The third kappa shape index (κ3) is 7.95. The maximum Gasteiger partial charge on any atom is 0.410 e. The Kier molecular flexibility index (Phi) is 11.1. The Morgan fingerprint density at radius 2 is 1.71 bits per heavy atom. The lowest BCUT2D eigenvalue weighted by molar-refractivity contribution is -0.146. The zero-order valence-electron chi connectivity index (χ0n) is 26.4. The second-order valence-electron chi connectivity index (χ2n) is 13.0. The van der Waals surface area contributed by atoms with Crippen LogP contribution in [-0.4, -0.2) is 113 Å². The lowest BCUT2D eigenvalue weighted by Gasteiger charge is -2.34. The summed E-state index contributed by atoms with van der Waals surface area (Å²) in [6, 6.07) is -3.01. The SMILES string of the molecule is C=C[C@@H]1C[C@]1(NC(=O)[C@@H]1C[C@@H](OC(=O)N2CCOCC2)CN1C(=O)[C@@H](NC(=O)[C@@H](NC(C)=O)C1CCCCC1)C(C)C)C(=O)O. The van der Waals surface area contributed by atoms with Crippen LogP contribution in [0.15, 0.2) is 12.7 Å². The van der Waals surface area contributed by atoms with E-state index in [1.54, 1.807) is 13.8 Å². The summed E-state index contributed by atoms with van der Waals surface area (Å²) in [5.41, 5.74) is -1.52. The number of carboxylic acid groups (broad SMARTS) is 1. The second kappa shape index (κ2) is 14.6. The van der Waals surface area contributed by atoms with Gasteiger partial charge in [0.15, 0.2) is 0 Å². The van der Waals surface area contributed by atoms with Crippen molar-refractivity contribution in [1.29, 1.82) is 0 Å². The van der Waals surface area contributed by atoms with Gasteiger partial charge in [0.2, 0.25) is 23.6 Å². The van der Waals surface area contributed by atoms with Crippen LogP contribution >= 0.6 is 0 Å². The van der Waals surface area contributed by atoms with E-state index in [-0.39, 0.29) is 31.2 Å². The third-order valence-electron chi connectivity index (χ3n) is 9.41. The lowest BCUT2D eigenvalue weighted by Crippen LogP contribution is -2.60. The summed E-state index contributed by atoms with van der Waals surface area (Å²) in [6.45, 7) is 9.84. The smallest absolute Gasteiger partial charge is 0.410 e. The molecule has 0 unspecified atom stereocenters. The summed E-state index contributed by atoms with van der Waals surface area (Å²) in [6.07, 6.45) is 4.67. The minimum Gasteiger partial charge on any atom is -0.479 e. The maximum absolute atomic E-state index is 14.2. The number of amides is 5. The van der Waals surface area contributed by atoms with Gasteiger partial charge in [0.05, 0.1) is 19.8 Å². The number of carbonyl (C=O) groups excluding carboxylic acids is 5. The Balaban J connectivity index is 1.54. The molecule has 2 saturated carbocycles. The molecule has 0 radical (unpaired) electrons. The molecule has 0 aromatic rings. The molecule has 0 aromatic carbocycles. The van der Waals surface area contributed by atoms with Gasteiger partial charge in [0.25, 0.3) is 0 Å². The first kappa shape index (κ1) is 34.2. The molecule has 0 bridgehead atoms. The minimum atomic E-state index is -1.52. The molecule has 4 aliphatic rings. The second-order valence-corrected chi connectivity index (χ2v) is 13.0. The quantitative estimate of drug-likeness (QED) is 0.239. The van der Waals surface area contributed by atoms with Crippen molar-refractivity contribution >= 4 is 35.7 Å². The zero-order chi connectivity index (χ0) is 32.9. The van der Waals surface area contributed by atoms with E-state index < -0.39 is 71.4 Å².